The molecule has 6 atom stereocenters. The Labute approximate surface area is 222 Å². The second-order valence-corrected chi connectivity index (χ2v) is 11.0. The van der Waals surface area contributed by atoms with E-state index in [4.69, 9.17) is 0 Å². The smallest absolute Gasteiger partial charge is 0.0394 e. The second-order valence-electron chi connectivity index (χ2n) is 11.0. The van der Waals surface area contributed by atoms with Crippen LogP contribution in [0.25, 0.3) is 0 Å². The molecule has 37 heavy (non-hydrogen) atoms. The monoisotopic (exact) mass is 486 g/mol. The van der Waals surface area contributed by atoms with E-state index < -0.39 is 0 Å². The molecule has 2 heteroatoms. The summed E-state index contributed by atoms with van der Waals surface area (Å²) >= 11 is 0. The van der Waals surface area contributed by atoms with Crippen LogP contribution in [0.3, 0.4) is 0 Å². The van der Waals surface area contributed by atoms with Gasteiger partial charge in [-0.3, -0.25) is 9.80 Å². The number of nitrogens with zero attached hydrogens (tertiary/aromatic N) is 2. The highest BCUT2D eigenvalue weighted by Crippen LogP contribution is 2.52. The largest absolute Gasteiger partial charge is 0.289 e. The highest BCUT2D eigenvalue weighted by molar-refractivity contribution is 5.29. The second kappa shape index (κ2) is 10.7. The molecule has 0 aromatic heterocycles. The first-order valence-electron chi connectivity index (χ1n) is 13.9. The van der Waals surface area contributed by atoms with Gasteiger partial charge < -0.3 is 0 Å². The van der Waals surface area contributed by atoms with Crippen LogP contribution in [0.1, 0.15) is 66.7 Å². The van der Waals surface area contributed by atoms with Crippen LogP contribution < -0.4 is 0 Å². The lowest BCUT2D eigenvalue weighted by atomic mass is 9.70. The van der Waals surface area contributed by atoms with E-state index in [1.165, 1.54) is 28.7 Å². The van der Waals surface area contributed by atoms with Gasteiger partial charge in [0.15, 0.2) is 0 Å². The molecule has 0 amide bonds. The Morgan fingerprint density at radius 2 is 0.811 bits per heavy atom. The molecule has 6 rings (SSSR count). The van der Waals surface area contributed by atoms with E-state index in [-0.39, 0.29) is 0 Å². The molecule has 0 N–H and O–H groups in total. The molecule has 0 spiro atoms. The molecule has 0 radical (unpaired) electrons. The average Bonchev–Trinajstić information content (AvgIpc) is 2.97. The Kier molecular flexibility index (Phi) is 6.95. The zero-order valence-electron chi connectivity index (χ0n) is 22.0. The van der Waals surface area contributed by atoms with Gasteiger partial charge in [0.2, 0.25) is 0 Å². The van der Waals surface area contributed by atoms with Crippen molar-refractivity contribution in [2.45, 2.75) is 44.4 Å². The highest BCUT2D eigenvalue weighted by atomic mass is 15.3. The number of fused-ring (bicyclic) bond motifs is 2. The fraction of sp³-hybridized carbons (Fsp3) is 0.314. The van der Waals surface area contributed by atoms with Crippen molar-refractivity contribution in [1.82, 2.24) is 9.80 Å². The van der Waals surface area contributed by atoms with E-state index in [2.05, 4.69) is 145 Å². The minimum Gasteiger partial charge on any atom is -0.289 e. The Balaban J connectivity index is 1.42. The summed E-state index contributed by atoms with van der Waals surface area (Å²) in [4.78, 5) is 5.65. The highest BCUT2D eigenvalue weighted by Gasteiger charge is 2.48. The van der Waals surface area contributed by atoms with Gasteiger partial charge in [-0.25, -0.2) is 0 Å². The summed E-state index contributed by atoms with van der Waals surface area (Å²) in [5.41, 5.74) is 5.74. The fourth-order valence-corrected chi connectivity index (χ4v) is 7.18. The van der Waals surface area contributed by atoms with E-state index in [0.717, 1.165) is 13.1 Å². The Morgan fingerprint density at radius 3 is 1.16 bits per heavy atom. The maximum Gasteiger partial charge on any atom is 0.0394 e. The molecular formula is C35H38N2. The zero-order valence-corrected chi connectivity index (χ0v) is 22.0. The summed E-state index contributed by atoms with van der Waals surface area (Å²) in [5.74, 6) is 1.16. The SMILES string of the molecule is C[C@@H](c1ccccc1)N1CC2CC(CN([C@@H](C)c3ccccc3)C2c2ccccc2)C1c1ccccc1. The van der Waals surface area contributed by atoms with Crippen LogP contribution in [-0.4, -0.2) is 22.9 Å². The molecule has 2 heterocycles. The maximum atomic E-state index is 2.82. The van der Waals surface area contributed by atoms with E-state index >= 15 is 0 Å². The van der Waals surface area contributed by atoms with Crippen molar-refractivity contribution in [2.75, 3.05) is 13.1 Å². The zero-order chi connectivity index (χ0) is 25.2. The van der Waals surface area contributed by atoms with E-state index in [1.54, 1.807) is 0 Å². The predicted molar refractivity (Wildman–Crippen MR) is 153 cm³/mol. The van der Waals surface area contributed by atoms with Crippen molar-refractivity contribution in [3.05, 3.63) is 144 Å². The molecule has 2 aliphatic heterocycles. The van der Waals surface area contributed by atoms with Crippen LogP contribution in [0.15, 0.2) is 121 Å². The lowest BCUT2D eigenvalue weighted by molar-refractivity contribution is -0.0794. The minimum absolute atomic E-state index is 0.367. The quantitative estimate of drug-likeness (QED) is 0.271. The molecule has 0 saturated carbocycles. The van der Waals surface area contributed by atoms with Gasteiger partial charge in [0.1, 0.15) is 0 Å². The van der Waals surface area contributed by atoms with Gasteiger partial charge in [-0.1, -0.05) is 121 Å². The van der Waals surface area contributed by atoms with Crippen molar-refractivity contribution in [3.63, 3.8) is 0 Å². The summed E-state index contributed by atoms with van der Waals surface area (Å²) < 4.78 is 0. The average molecular weight is 487 g/mol. The van der Waals surface area contributed by atoms with Crippen LogP contribution in [0.2, 0.25) is 0 Å². The summed E-state index contributed by atoms with van der Waals surface area (Å²) in [6.45, 7) is 7.02. The number of piperidine rings is 2. The molecule has 2 aliphatic rings. The Morgan fingerprint density at radius 1 is 0.486 bits per heavy atom. The molecule has 188 valence electrons. The van der Waals surface area contributed by atoms with Gasteiger partial charge in [-0.2, -0.15) is 0 Å². The molecule has 4 aromatic carbocycles. The Hall–Kier alpha value is -3.20. The molecule has 0 aliphatic carbocycles. The topological polar surface area (TPSA) is 6.48 Å². The van der Waals surface area contributed by atoms with Crippen LogP contribution in [0.4, 0.5) is 0 Å². The van der Waals surface area contributed by atoms with Crippen molar-refractivity contribution in [1.29, 1.82) is 0 Å². The van der Waals surface area contributed by atoms with Gasteiger partial charge >= 0.3 is 0 Å². The van der Waals surface area contributed by atoms with Gasteiger partial charge in [0, 0.05) is 37.3 Å². The molecular weight excluding hydrogens is 448 g/mol. The van der Waals surface area contributed by atoms with Crippen molar-refractivity contribution >= 4 is 0 Å². The molecule has 4 unspecified atom stereocenters. The van der Waals surface area contributed by atoms with Crippen molar-refractivity contribution in [2.24, 2.45) is 11.8 Å². The van der Waals surface area contributed by atoms with Crippen molar-refractivity contribution < 1.29 is 0 Å². The summed E-state index contributed by atoms with van der Waals surface area (Å²) in [5, 5.41) is 0. The number of hydrogen-bond acceptors (Lipinski definition) is 2. The summed E-state index contributed by atoms with van der Waals surface area (Å²) in [6.07, 6.45) is 1.27. The Bertz CT molecular complexity index is 1160. The van der Waals surface area contributed by atoms with E-state index in [9.17, 15) is 0 Å². The maximum absolute atomic E-state index is 2.82. The first-order chi connectivity index (χ1) is 18.2. The lowest BCUT2D eigenvalue weighted by Crippen LogP contribution is -2.56. The van der Waals surface area contributed by atoms with Crippen LogP contribution in [0.5, 0.6) is 0 Å². The number of likely N-dealkylation sites (tertiary alicyclic amines) is 2. The molecule has 4 aromatic rings. The van der Waals surface area contributed by atoms with Gasteiger partial charge in [0.25, 0.3) is 0 Å². The summed E-state index contributed by atoms with van der Waals surface area (Å²) in [6, 6.07) is 46.3. The van der Waals surface area contributed by atoms with Crippen LogP contribution >= 0.6 is 0 Å². The van der Waals surface area contributed by atoms with Crippen molar-refractivity contribution in [3.8, 4) is 0 Å². The van der Waals surface area contributed by atoms with Gasteiger partial charge in [0.05, 0.1) is 0 Å². The molecule has 2 bridgehead atoms. The third-order valence-corrected chi connectivity index (χ3v) is 8.94. The third kappa shape index (κ3) is 4.77. The minimum atomic E-state index is 0.367. The standard InChI is InChI=1S/C35H38N2/c1-26(28-15-7-3-8-16-28)36-24-32-23-33(34(36)30-19-11-5-12-20-30)25-37(27(2)29-17-9-4-10-18-29)35(32)31-21-13-6-14-22-31/h3-22,26-27,32-35H,23-25H2,1-2H3/t26-,27-,32?,33?,34?,35?/m0/s1. The molecule has 2 nitrogen and oxygen atoms in total. The third-order valence-electron chi connectivity index (χ3n) is 8.94. The first-order valence-corrected chi connectivity index (χ1v) is 13.9. The van der Waals surface area contributed by atoms with Crippen LogP contribution in [0, 0.1) is 11.8 Å². The number of hydrogen-bond donors (Lipinski definition) is 0. The normalized spacial score (nSPS) is 25.9. The summed E-state index contributed by atoms with van der Waals surface area (Å²) in [7, 11) is 0. The van der Waals surface area contributed by atoms with E-state index in [0.29, 0.717) is 36.0 Å². The van der Waals surface area contributed by atoms with Gasteiger partial charge in [-0.05, 0) is 54.4 Å². The predicted octanol–water partition coefficient (Wildman–Crippen LogP) is 8.25. The number of benzene rings is 4. The molecule has 2 fully saturated rings. The number of rotatable bonds is 6. The van der Waals surface area contributed by atoms with E-state index in [1.807, 2.05) is 0 Å². The van der Waals surface area contributed by atoms with Gasteiger partial charge in [-0.15, -0.1) is 0 Å². The molecule has 2 saturated heterocycles. The fourth-order valence-electron chi connectivity index (χ4n) is 7.18. The lowest BCUT2D eigenvalue weighted by Gasteiger charge is -2.57. The van der Waals surface area contributed by atoms with Crippen LogP contribution in [-0.2, 0) is 0 Å². The first kappa shape index (κ1) is 24.2.